The fourth-order valence-electron chi connectivity index (χ4n) is 2.86. The molecule has 0 radical (unpaired) electrons. The number of nitrogens with one attached hydrogen (secondary N) is 1. The molecular weight excluding hydrogens is 446 g/mol. The number of hydrogen-bond donors (Lipinski definition) is 1. The molecule has 1 N–H and O–H groups in total. The second-order valence-electron chi connectivity index (χ2n) is 7.19. The molecule has 0 aliphatic heterocycles. The van der Waals surface area contributed by atoms with Crippen LogP contribution in [0, 0.1) is 17.2 Å². The third kappa shape index (κ3) is 5.08. The monoisotopic (exact) mass is 467 g/mol. The molecule has 2 aromatic carbocycles. The largest absolute Gasteiger partial charge is 0.493 e. The first-order valence-corrected chi connectivity index (χ1v) is 10.3. The van der Waals surface area contributed by atoms with Crippen molar-refractivity contribution in [3.8, 4) is 17.6 Å². The predicted octanol–water partition coefficient (Wildman–Crippen LogP) is 5.18. The number of aromatic amines is 1. The third-order valence-electron chi connectivity index (χ3n) is 4.49. The van der Waals surface area contributed by atoms with Crippen LogP contribution in [0.2, 0.25) is 0 Å². The van der Waals surface area contributed by atoms with Crippen LogP contribution < -0.4 is 15.0 Å². The Morgan fingerprint density at radius 1 is 1.27 bits per heavy atom. The Balaban J connectivity index is 1.94. The van der Waals surface area contributed by atoms with Gasteiger partial charge in [-0.15, -0.1) is 0 Å². The zero-order chi connectivity index (χ0) is 21.7. The Morgan fingerprint density at radius 3 is 2.77 bits per heavy atom. The van der Waals surface area contributed by atoms with E-state index in [1.54, 1.807) is 37.5 Å². The second-order valence-corrected chi connectivity index (χ2v) is 8.10. The molecule has 6 nitrogen and oxygen atoms in total. The van der Waals surface area contributed by atoms with E-state index in [0.29, 0.717) is 34.9 Å². The highest BCUT2D eigenvalue weighted by atomic mass is 79.9. The minimum atomic E-state index is -0.302. The van der Waals surface area contributed by atoms with Gasteiger partial charge in [-0.1, -0.05) is 35.8 Å². The van der Waals surface area contributed by atoms with Crippen LogP contribution in [0.1, 0.15) is 31.7 Å². The summed E-state index contributed by atoms with van der Waals surface area (Å²) >= 11 is 3.35. The number of allylic oxidation sites excluding steroid dienone is 1. The van der Waals surface area contributed by atoms with Gasteiger partial charge in [0.15, 0.2) is 17.3 Å². The van der Waals surface area contributed by atoms with Crippen LogP contribution in [0.15, 0.2) is 45.7 Å². The molecule has 0 fully saturated rings. The summed E-state index contributed by atoms with van der Waals surface area (Å²) in [6.45, 7) is 4.88. The highest BCUT2D eigenvalue weighted by Gasteiger charge is 2.11. The lowest BCUT2D eigenvalue weighted by molar-refractivity contribution is 0.273. The van der Waals surface area contributed by atoms with Gasteiger partial charge in [-0.2, -0.15) is 5.26 Å². The van der Waals surface area contributed by atoms with E-state index in [4.69, 9.17) is 9.47 Å². The number of nitrogens with zero attached hydrogens (tertiary/aromatic N) is 2. The standard InChI is InChI=1S/C23H22BrN3O3/c1-14(2)8-9-30-20-7-4-15(11-21(20)29-3)10-16(13-25)22-26-19-6-5-17(24)12-18(19)23(28)27-22/h4-7,10-12,14H,8-9H2,1-3H3,(H,26,27,28)/b16-10+. The van der Waals surface area contributed by atoms with Crippen molar-refractivity contribution in [2.24, 2.45) is 5.92 Å². The van der Waals surface area contributed by atoms with E-state index in [0.717, 1.165) is 16.5 Å². The average Bonchev–Trinajstić information content (AvgIpc) is 2.72. The Hall–Kier alpha value is -3.11. The van der Waals surface area contributed by atoms with Gasteiger partial charge in [0.25, 0.3) is 5.56 Å². The lowest BCUT2D eigenvalue weighted by Gasteiger charge is -2.12. The minimum absolute atomic E-state index is 0.216. The molecule has 0 spiro atoms. The summed E-state index contributed by atoms with van der Waals surface area (Å²) in [5.41, 5.74) is 1.19. The minimum Gasteiger partial charge on any atom is -0.493 e. The van der Waals surface area contributed by atoms with Crippen LogP contribution >= 0.6 is 15.9 Å². The number of ether oxygens (including phenoxy) is 2. The molecule has 1 heterocycles. The molecule has 0 unspecified atom stereocenters. The van der Waals surface area contributed by atoms with Gasteiger partial charge in [0.2, 0.25) is 0 Å². The molecule has 0 saturated heterocycles. The first-order valence-electron chi connectivity index (χ1n) is 9.54. The zero-order valence-corrected chi connectivity index (χ0v) is 18.6. The molecular formula is C23H22BrN3O3. The van der Waals surface area contributed by atoms with Gasteiger partial charge < -0.3 is 14.5 Å². The van der Waals surface area contributed by atoms with Gasteiger partial charge in [-0.25, -0.2) is 4.98 Å². The fraction of sp³-hybridized carbons (Fsp3) is 0.261. The first kappa shape index (κ1) is 21.6. The molecule has 0 aliphatic rings. The summed E-state index contributed by atoms with van der Waals surface area (Å²) in [4.78, 5) is 19.6. The molecule has 0 saturated carbocycles. The molecule has 1 aromatic heterocycles. The van der Waals surface area contributed by atoms with Crippen molar-refractivity contribution in [1.82, 2.24) is 9.97 Å². The van der Waals surface area contributed by atoms with E-state index in [2.05, 4.69) is 45.8 Å². The van der Waals surface area contributed by atoms with Crippen LogP contribution in [0.4, 0.5) is 0 Å². The van der Waals surface area contributed by atoms with Crippen LogP contribution in [0.3, 0.4) is 0 Å². The van der Waals surface area contributed by atoms with Crippen molar-refractivity contribution >= 4 is 38.5 Å². The molecule has 0 amide bonds. The molecule has 0 atom stereocenters. The Kier molecular flexibility index (Phi) is 6.91. The van der Waals surface area contributed by atoms with Gasteiger partial charge >= 0.3 is 0 Å². The van der Waals surface area contributed by atoms with Gasteiger partial charge in [0.05, 0.1) is 30.2 Å². The van der Waals surface area contributed by atoms with Gasteiger partial charge in [-0.3, -0.25) is 4.79 Å². The van der Waals surface area contributed by atoms with Crippen molar-refractivity contribution in [2.75, 3.05) is 13.7 Å². The van der Waals surface area contributed by atoms with Crippen LogP contribution in [-0.2, 0) is 0 Å². The first-order chi connectivity index (χ1) is 14.4. The lowest BCUT2D eigenvalue weighted by Crippen LogP contribution is -2.11. The van der Waals surface area contributed by atoms with E-state index in [1.807, 2.05) is 12.1 Å². The maximum atomic E-state index is 12.4. The summed E-state index contributed by atoms with van der Waals surface area (Å²) in [5, 5.41) is 10.1. The quantitative estimate of drug-likeness (QED) is 0.483. The average molecular weight is 468 g/mol. The molecule has 0 bridgehead atoms. The van der Waals surface area contributed by atoms with Crippen molar-refractivity contribution < 1.29 is 9.47 Å². The molecule has 3 aromatic rings. The highest BCUT2D eigenvalue weighted by Crippen LogP contribution is 2.30. The second kappa shape index (κ2) is 9.59. The van der Waals surface area contributed by atoms with E-state index < -0.39 is 0 Å². The number of hydrogen-bond acceptors (Lipinski definition) is 5. The summed E-state index contributed by atoms with van der Waals surface area (Å²) < 4.78 is 12.0. The summed E-state index contributed by atoms with van der Waals surface area (Å²) in [7, 11) is 1.57. The third-order valence-corrected chi connectivity index (χ3v) is 4.99. The zero-order valence-electron chi connectivity index (χ0n) is 17.0. The van der Waals surface area contributed by atoms with E-state index in [-0.39, 0.29) is 17.0 Å². The highest BCUT2D eigenvalue weighted by molar-refractivity contribution is 9.10. The summed E-state index contributed by atoms with van der Waals surface area (Å²) in [5.74, 6) is 1.99. The van der Waals surface area contributed by atoms with Crippen molar-refractivity contribution in [2.45, 2.75) is 20.3 Å². The van der Waals surface area contributed by atoms with E-state index in [9.17, 15) is 10.1 Å². The lowest BCUT2D eigenvalue weighted by atomic mass is 10.1. The Morgan fingerprint density at radius 2 is 2.07 bits per heavy atom. The van der Waals surface area contributed by atoms with Gasteiger partial charge in [-0.05, 0) is 54.3 Å². The Bertz CT molecular complexity index is 1190. The number of fused-ring (bicyclic) bond motifs is 1. The summed E-state index contributed by atoms with van der Waals surface area (Å²) in [6, 6.07) is 12.8. The van der Waals surface area contributed by atoms with Crippen LogP contribution in [-0.4, -0.2) is 23.7 Å². The number of rotatable bonds is 7. The summed E-state index contributed by atoms with van der Waals surface area (Å²) in [6.07, 6.45) is 2.60. The maximum absolute atomic E-state index is 12.4. The number of H-pyrrole nitrogens is 1. The van der Waals surface area contributed by atoms with Crippen molar-refractivity contribution in [1.29, 1.82) is 5.26 Å². The molecule has 7 heteroatoms. The van der Waals surface area contributed by atoms with Crippen molar-refractivity contribution in [3.63, 3.8) is 0 Å². The smallest absolute Gasteiger partial charge is 0.259 e. The predicted molar refractivity (Wildman–Crippen MR) is 121 cm³/mol. The van der Waals surface area contributed by atoms with E-state index >= 15 is 0 Å². The molecule has 3 rings (SSSR count). The normalized spacial score (nSPS) is 11.5. The fourth-order valence-corrected chi connectivity index (χ4v) is 3.22. The molecule has 154 valence electrons. The molecule has 0 aliphatic carbocycles. The number of nitriles is 1. The topological polar surface area (TPSA) is 88.0 Å². The maximum Gasteiger partial charge on any atom is 0.259 e. The van der Waals surface area contributed by atoms with Crippen LogP contribution in [0.25, 0.3) is 22.6 Å². The number of aromatic nitrogens is 2. The van der Waals surface area contributed by atoms with Gasteiger partial charge in [0, 0.05) is 4.47 Å². The number of methoxy groups -OCH3 is 1. The van der Waals surface area contributed by atoms with Crippen molar-refractivity contribution in [3.05, 3.63) is 62.6 Å². The van der Waals surface area contributed by atoms with Crippen LogP contribution in [0.5, 0.6) is 11.5 Å². The molecule has 30 heavy (non-hydrogen) atoms. The van der Waals surface area contributed by atoms with E-state index in [1.165, 1.54) is 0 Å². The SMILES string of the molecule is COc1cc(/C=C(\C#N)c2nc3ccc(Br)cc3c(=O)[nH]2)ccc1OCCC(C)C. The van der Waals surface area contributed by atoms with Gasteiger partial charge in [0.1, 0.15) is 6.07 Å². The number of benzene rings is 2. The Labute approximate surface area is 183 Å². The number of halogens is 1.